The van der Waals surface area contributed by atoms with Crippen LogP contribution in [0.2, 0.25) is 0 Å². The quantitative estimate of drug-likeness (QED) is 0.519. The summed E-state index contributed by atoms with van der Waals surface area (Å²) in [6.45, 7) is 2.28. The Morgan fingerprint density at radius 3 is 2.57 bits per heavy atom. The SMILES string of the molecule is O=C([C@H](Sc1nnc(C2CC2)n1Cc1ccco1)c1ccccc1)N1CCCCC1. The summed E-state index contributed by atoms with van der Waals surface area (Å²) in [5.41, 5.74) is 1.01. The van der Waals surface area contributed by atoms with Crippen LogP contribution in [0.3, 0.4) is 0 Å². The van der Waals surface area contributed by atoms with Gasteiger partial charge in [0.1, 0.15) is 16.8 Å². The van der Waals surface area contributed by atoms with Crippen LogP contribution >= 0.6 is 11.8 Å². The van der Waals surface area contributed by atoms with E-state index in [4.69, 9.17) is 4.42 Å². The highest BCUT2D eigenvalue weighted by Crippen LogP contribution is 2.42. The van der Waals surface area contributed by atoms with E-state index in [0.29, 0.717) is 12.5 Å². The van der Waals surface area contributed by atoms with Gasteiger partial charge in [0.2, 0.25) is 5.91 Å². The summed E-state index contributed by atoms with van der Waals surface area (Å²) in [5, 5.41) is 9.48. The van der Waals surface area contributed by atoms with Gasteiger partial charge in [-0.25, -0.2) is 0 Å². The van der Waals surface area contributed by atoms with Crippen LogP contribution in [-0.4, -0.2) is 38.7 Å². The van der Waals surface area contributed by atoms with Gasteiger partial charge in [-0.3, -0.25) is 9.36 Å². The fraction of sp³-hybridized carbons (Fsp3) is 0.435. The summed E-state index contributed by atoms with van der Waals surface area (Å²) in [5.74, 6) is 2.52. The molecule has 0 bridgehead atoms. The van der Waals surface area contributed by atoms with E-state index in [1.54, 1.807) is 6.26 Å². The number of amides is 1. The molecule has 1 atom stereocenters. The average molecular weight is 423 g/mol. The smallest absolute Gasteiger partial charge is 0.240 e. The first-order valence-electron chi connectivity index (χ1n) is 10.8. The highest BCUT2D eigenvalue weighted by Gasteiger charge is 2.34. The summed E-state index contributed by atoms with van der Waals surface area (Å²) in [7, 11) is 0. The zero-order valence-electron chi connectivity index (χ0n) is 16.9. The van der Waals surface area contributed by atoms with E-state index in [1.165, 1.54) is 18.2 Å². The van der Waals surface area contributed by atoms with E-state index in [9.17, 15) is 4.79 Å². The van der Waals surface area contributed by atoms with E-state index < -0.39 is 0 Å². The molecule has 1 aromatic carbocycles. The minimum Gasteiger partial charge on any atom is -0.467 e. The molecule has 1 aliphatic carbocycles. The molecule has 1 saturated carbocycles. The van der Waals surface area contributed by atoms with E-state index in [-0.39, 0.29) is 11.2 Å². The lowest BCUT2D eigenvalue weighted by Crippen LogP contribution is -2.38. The number of benzene rings is 1. The van der Waals surface area contributed by atoms with Crippen LogP contribution in [-0.2, 0) is 11.3 Å². The van der Waals surface area contributed by atoms with Gasteiger partial charge >= 0.3 is 0 Å². The third kappa shape index (κ3) is 4.17. The van der Waals surface area contributed by atoms with E-state index >= 15 is 0 Å². The largest absolute Gasteiger partial charge is 0.467 e. The lowest BCUT2D eigenvalue weighted by molar-refractivity contribution is -0.131. The second kappa shape index (κ2) is 8.68. The van der Waals surface area contributed by atoms with Gasteiger partial charge in [-0.1, -0.05) is 42.1 Å². The van der Waals surface area contributed by atoms with Crippen molar-refractivity contribution in [1.29, 1.82) is 0 Å². The Morgan fingerprint density at radius 2 is 1.87 bits per heavy atom. The Morgan fingerprint density at radius 1 is 1.07 bits per heavy atom. The van der Waals surface area contributed by atoms with E-state index in [1.807, 2.05) is 47.4 Å². The summed E-state index contributed by atoms with van der Waals surface area (Å²) < 4.78 is 7.73. The molecule has 3 aromatic rings. The van der Waals surface area contributed by atoms with Gasteiger partial charge in [0.25, 0.3) is 0 Å². The minimum absolute atomic E-state index is 0.173. The number of nitrogens with zero attached hydrogens (tertiary/aromatic N) is 4. The van der Waals surface area contributed by atoms with Crippen molar-refractivity contribution in [3.05, 3.63) is 65.9 Å². The number of carbonyl (C=O) groups is 1. The number of furan rings is 1. The van der Waals surface area contributed by atoms with Crippen molar-refractivity contribution in [1.82, 2.24) is 19.7 Å². The molecule has 0 radical (unpaired) electrons. The predicted octanol–water partition coefficient (Wildman–Crippen LogP) is 4.64. The molecule has 0 N–H and O–H groups in total. The molecule has 6 nitrogen and oxygen atoms in total. The zero-order chi connectivity index (χ0) is 20.3. The molecule has 2 aromatic heterocycles. The van der Waals surface area contributed by atoms with Gasteiger partial charge < -0.3 is 9.32 Å². The highest BCUT2D eigenvalue weighted by molar-refractivity contribution is 8.00. The lowest BCUT2D eigenvalue weighted by atomic mass is 10.1. The Kier molecular flexibility index (Phi) is 5.62. The van der Waals surface area contributed by atoms with Gasteiger partial charge in [0.15, 0.2) is 5.16 Å². The van der Waals surface area contributed by atoms with Crippen LogP contribution in [0, 0.1) is 0 Å². The first kappa shape index (κ1) is 19.4. The fourth-order valence-corrected chi connectivity index (χ4v) is 5.14. The number of aromatic nitrogens is 3. The van der Waals surface area contributed by atoms with Gasteiger partial charge in [0, 0.05) is 19.0 Å². The van der Waals surface area contributed by atoms with Crippen molar-refractivity contribution in [2.45, 2.75) is 55.0 Å². The van der Waals surface area contributed by atoms with Gasteiger partial charge in [-0.2, -0.15) is 0 Å². The van der Waals surface area contributed by atoms with Crippen molar-refractivity contribution < 1.29 is 9.21 Å². The maximum Gasteiger partial charge on any atom is 0.240 e. The monoisotopic (exact) mass is 422 g/mol. The molecule has 30 heavy (non-hydrogen) atoms. The van der Waals surface area contributed by atoms with E-state index in [0.717, 1.165) is 61.1 Å². The van der Waals surface area contributed by atoms with Crippen LogP contribution in [0.4, 0.5) is 0 Å². The predicted molar refractivity (Wildman–Crippen MR) is 115 cm³/mol. The summed E-state index contributed by atoms with van der Waals surface area (Å²) >= 11 is 1.51. The molecule has 5 rings (SSSR count). The Labute approximate surface area is 180 Å². The number of carbonyl (C=O) groups excluding carboxylic acids is 1. The number of thioether (sulfide) groups is 1. The highest BCUT2D eigenvalue weighted by atomic mass is 32.2. The summed E-state index contributed by atoms with van der Waals surface area (Å²) in [6, 6.07) is 13.9. The molecule has 2 fully saturated rings. The van der Waals surface area contributed by atoms with Crippen LogP contribution in [0.1, 0.15) is 60.4 Å². The fourth-order valence-electron chi connectivity index (χ4n) is 4.01. The van der Waals surface area contributed by atoms with Crippen molar-refractivity contribution in [2.75, 3.05) is 13.1 Å². The van der Waals surface area contributed by atoms with Crippen molar-refractivity contribution in [3.63, 3.8) is 0 Å². The number of likely N-dealkylation sites (tertiary alicyclic amines) is 1. The first-order valence-corrected chi connectivity index (χ1v) is 11.6. The van der Waals surface area contributed by atoms with Gasteiger partial charge in [0.05, 0.1) is 12.8 Å². The topological polar surface area (TPSA) is 64.2 Å². The average Bonchev–Trinajstić information content (AvgIpc) is 3.37. The Bertz CT molecular complexity index is 976. The van der Waals surface area contributed by atoms with Gasteiger partial charge in [-0.05, 0) is 49.8 Å². The molecule has 1 saturated heterocycles. The third-order valence-corrected chi connectivity index (χ3v) is 7.02. The number of piperidine rings is 1. The molecule has 0 spiro atoms. The molecule has 1 aliphatic heterocycles. The van der Waals surface area contributed by atoms with Crippen LogP contribution in [0.15, 0.2) is 58.3 Å². The maximum atomic E-state index is 13.5. The molecular weight excluding hydrogens is 396 g/mol. The third-order valence-electron chi connectivity index (χ3n) is 5.80. The number of rotatable bonds is 7. The molecular formula is C23H26N4O2S. The van der Waals surface area contributed by atoms with Crippen molar-refractivity contribution in [3.8, 4) is 0 Å². The van der Waals surface area contributed by atoms with Gasteiger partial charge in [-0.15, -0.1) is 10.2 Å². The maximum absolute atomic E-state index is 13.5. The standard InChI is InChI=1S/C23H26N4O2S/c28-22(26-13-5-2-6-14-26)20(17-8-3-1-4-9-17)30-23-25-24-21(18-11-12-18)27(23)16-19-10-7-15-29-19/h1,3-4,7-10,15,18,20H,2,5-6,11-14,16H2/t20-/m1/s1. The summed E-state index contributed by atoms with van der Waals surface area (Å²) in [4.78, 5) is 15.5. The normalized spacial score (nSPS) is 17.8. The van der Waals surface area contributed by atoms with Crippen LogP contribution < -0.4 is 0 Å². The minimum atomic E-state index is -0.323. The van der Waals surface area contributed by atoms with Crippen LogP contribution in [0.25, 0.3) is 0 Å². The molecule has 7 heteroatoms. The first-order chi connectivity index (χ1) is 14.8. The van der Waals surface area contributed by atoms with Crippen LogP contribution in [0.5, 0.6) is 0 Å². The molecule has 3 heterocycles. The molecule has 2 aliphatic rings. The lowest BCUT2D eigenvalue weighted by Gasteiger charge is -2.30. The zero-order valence-corrected chi connectivity index (χ0v) is 17.8. The Balaban J connectivity index is 1.46. The summed E-state index contributed by atoms with van der Waals surface area (Å²) in [6.07, 6.45) is 7.35. The molecule has 1 amide bonds. The number of hydrogen-bond donors (Lipinski definition) is 0. The Hall–Kier alpha value is -2.54. The second-order valence-electron chi connectivity index (χ2n) is 8.08. The van der Waals surface area contributed by atoms with Crippen molar-refractivity contribution in [2.24, 2.45) is 0 Å². The molecule has 0 unspecified atom stereocenters. The van der Waals surface area contributed by atoms with E-state index in [2.05, 4.69) is 14.8 Å². The van der Waals surface area contributed by atoms with Crippen molar-refractivity contribution >= 4 is 17.7 Å². The molecule has 156 valence electrons. The second-order valence-corrected chi connectivity index (χ2v) is 9.15. The number of hydrogen-bond acceptors (Lipinski definition) is 5.